The van der Waals surface area contributed by atoms with E-state index in [9.17, 15) is 9.59 Å². The molecule has 0 atom stereocenters. The Morgan fingerprint density at radius 1 is 0.960 bits per heavy atom. The maximum Gasteiger partial charge on any atom is 0.319 e. The van der Waals surface area contributed by atoms with Gasteiger partial charge in [-0.15, -0.1) is 0 Å². The second-order valence-electron chi connectivity index (χ2n) is 5.87. The third-order valence-corrected chi connectivity index (χ3v) is 3.39. The van der Waals surface area contributed by atoms with Crippen molar-refractivity contribution < 1.29 is 14.3 Å². The number of carbonyl (C=O) groups is 2. The van der Waals surface area contributed by atoms with E-state index >= 15 is 0 Å². The van der Waals surface area contributed by atoms with Crippen LogP contribution in [0.15, 0.2) is 48.5 Å². The van der Waals surface area contributed by atoms with E-state index in [0.29, 0.717) is 17.1 Å². The van der Waals surface area contributed by atoms with Gasteiger partial charge in [-0.2, -0.15) is 0 Å². The van der Waals surface area contributed by atoms with Gasteiger partial charge in [-0.3, -0.25) is 4.79 Å². The number of rotatable bonds is 6. The van der Waals surface area contributed by atoms with E-state index < -0.39 is 0 Å². The average molecular weight is 341 g/mol. The SMILES string of the molecule is COc1ccccc1CC(=O)Nc1ccc(NC(=O)NC(C)C)cc1. The third kappa shape index (κ3) is 5.84. The van der Waals surface area contributed by atoms with Crippen LogP contribution in [0, 0.1) is 0 Å². The predicted molar refractivity (Wildman–Crippen MR) is 99.1 cm³/mol. The summed E-state index contributed by atoms with van der Waals surface area (Å²) in [5.74, 6) is 0.552. The molecule has 3 N–H and O–H groups in total. The second-order valence-corrected chi connectivity index (χ2v) is 5.87. The van der Waals surface area contributed by atoms with Gasteiger partial charge in [-0.1, -0.05) is 18.2 Å². The van der Waals surface area contributed by atoms with Crippen molar-refractivity contribution in [2.45, 2.75) is 26.3 Å². The van der Waals surface area contributed by atoms with Crippen LogP contribution in [0.2, 0.25) is 0 Å². The van der Waals surface area contributed by atoms with Crippen molar-refractivity contribution in [3.8, 4) is 5.75 Å². The molecule has 6 nitrogen and oxygen atoms in total. The van der Waals surface area contributed by atoms with E-state index in [1.54, 1.807) is 31.4 Å². The Morgan fingerprint density at radius 3 is 2.16 bits per heavy atom. The first kappa shape index (κ1) is 18.3. The van der Waals surface area contributed by atoms with Gasteiger partial charge in [-0.05, 0) is 44.2 Å². The van der Waals surface area contributed by atoms with Crippen LogP contribution >= 0.6 is 0 Å². The summed E-state index contributed by atoms with van der Waals surface area (Å²) in [7, 11) is 1.58. The highest BCUT2D eigenvalue weighted by atomic mass is 16.5. The van der Waals surface area contributed by atoms with Crippen LogP contribution in [-0.4, -0.2) is 25.1 Å². The van der Waals surface area contributed by atoms with Gasteiger partial charge in [0.05, 0.1) is 13.5 Å². The molecule has 2 aromatic carbocycles. The lowest BCUT2D eigenvalue weighted by Gasteiger charge is -2.11. The molecule has 0 aliphatic heterocycles. The van der Waals surface area contributed by atoms with Crippen molar-refractivity contribution in [3.05, 3.63) is 54.1 Å². The Labute approximate surface area is 147 Å². The minimum atomic E-state index is -0.261. The Morgan fingerprint density at radius 2 is 1.56 bits per heavy atom. The van der Waals surface area contributed by atoms with Gasteiger partial charge in [-0.25, -0.2) is 4.79 Å². The number of hydrogen-bond donors (Lipinski definition) is 3. The van der Waals surface area contributed by atoms with Crippen molar-refractivity contribution in [2.24, 2.45) is 0 Å². The number of methoxy groups -OCH3 is 1. The third-order valence-electron chi connectivity index (χ3n) is 3.39. The summed E-state index contributed by atoms with van der Waals surface area (Å²) < 4.78 is 5.25. The number of carbonyl (C=O) groups excluding carboxylic acids is 2. The maximum absolute atomic E-state index is 12.2. The van der Waals surface area contributed by atoms with Gasteiger partial charge in [0, 0.05) is 23.0 Å². The zero-order valence-electron chi connectivity index (χ0n) is 14.6. The van der Waals surface area contributed by atoms with Gasteiger partial charge in [0.25, 0.3) is 0 Å². The molecule has 0 radical (unpaired) electrons. The number of benzene rings is 2. The molecular formula is C19H23N3O3. The number of hydrogen-bond acceptors (Lipinski definition) is 3. The highest BCUT2D eigenvalue weighted by Gasteiger charge is 2.09. The number of para-hydroxylation sites is 1. The van der Waals surface area contributed by atoms with Crippen LogP contribution in [0.3, 0.4) is 0 Å². The predicted octanol–water partition coefficient (Wildman–Crippen LogP) is 3.41. The van der Waals surface area contributed by atoms with Gasteiger partial charge < -0.3 is 20.7 Å². The van der Waals surface area contributed by atoms with Gasteiger partial charge >= 0.3 is 6.03 Å². The van der Waals surface area contributed by atoms with Gasteiger partial charge in [0.15, 0.2) is 0 Å². The van der Waals surface area contributed by atoms with E-state index in [-0.39, 0.29) is 24.4 Å². The van der Waals surface area contributed by atoms with Crippen LogP contribution in [0.1, 0.15) is 19.4 Å². The van der Waals surface area contributed by atoms with E-state index in [1.165, 1.54) is 0 Å². The number of ether oxygens (including phenoxy) is 1. The van der Waals surface area contributed by atoms with Crippen molar-refractivity contribution in [1.29, 1.82) is 0 Å². The van der Waals surface area contributed by atoms with Crippen molar-refractivity contribution in [1.82, 2.24) is 5.32 Å². The van der Waals surface area contributed by atoms with Crippen LogP contribution in [-0.2, 0) is 11.2 Å². The van der Waals surface area contributed by atoms with Gasteiger partial charge in [0.2, 0.25) is 5.91 Å². The summed E-state index contributed by atoms with van der Waals surface area (Å²) in [4.78, 5) is 23.8. The molecule has 3 amide bonds. The average Bonchev–Trinajstić information content (AvgIpc) is 2.56. The fourth-order valence-electron chi connectivity index (χ4n) is 2.29. The lowest BCUT2D eigenvalue weighted by atomic mass is 10.1. The normalized spacial score (nSPS) is 10.2. The van der Waals surface area contributed by atoms with E-state index in [4.69, 9.17) is 4.74 Å². The molecule has 0 fully saturated rings. The van der Waals surface area contributed by atoms with Crippen molar-refractivity contribution in [3.63, 3.8) is 0 Å². The molecule has 132 valence electrons. The van der Waals surface area contributed by atoms with Crippen molar-refractivity contribution >= 4 is 23.3 Å². The topological polar surface area (TPSA) is 79.5 Å². The zero-order valence-corrected chi connectivity index (χ0v) is 14.6. The summed E-state index contributed by atoms with van der Waals surface area (Å²) in [6, 6.07) is 14.2. The minimum Gasteiger partial charge on any atom is -0.496 e. The van der Waals surface area contributed by atoms with E-state index in [2.05, 4.69) is 16.0 Å². The molecule has 25 heavy (non-hydrogen) atoms. The smallest absolute Gasteiger partial charge is 0.319 e. The largest absolute Gasteiger partial charge is 0.496 e. The molecule has 0 bridgehead atoms. The molecule has 2 aromatic rings. The highest BCUT2D eigenvalue weighted by Crippen LogP contribution is 2.19. The maximum atomic E-state index is 12.2. The summed E-state index contributed by atoms with van der Waals surface area (Å²) in [6.07, 6.45) is 0.223. The van der Waals surface area contributed by atoms with E-state index in [1.807, 2.05) is 38.1 Å². The number of urea groups is 1. The molecule has 2 rings (SSSR count). The Hall–Kier alpha value is -3.02. The van der Waals surface area contributed by atoms with Crippen LogP contribution in [0.5, 0.6) is 5.75 Å². The summed E-state index contributed by atoms with van der Waals surface area (Å²) in [5, 5.41) is 8.31. The molecule has 0 heterocycles. The van der Waals surface area contributed by atoms with E-state index in [0.717, 1.165) is 5.56 Å². The zero-order chi connectivity index (χ0) is 18.2. The Kier molecular flexibility index (Phi) is 6.39. The monoisotopic (exact) mass is 341 g/mol. The second kappa shape index (κ2) is 8.73. The number of nitrogens with one attached hydrogen (secondary N) is 3. The molecule has 0 spiro atoms. The molecular weight excluding hydrogens is 318 g/mol. The fourth-order valence-corrected chi connectivity index (χ4v) is 2.29. The molecule has 0 unspecified atom stereocenters. The quantitative estimate of drug-likeness (QED) is 0.753. The van der Waals surface area contributed by atoms with Gasteiger partial charge in [0.1, 0.15) is 5.75 Å². The highest BCUT2D eigenvalue weighted by molar-refractivity contribution is 5.93. The first-order chi connectivity index (χ1) is 12.0. The lowest BCUT2D eigenvalue weighted by molar-refractivity contribution is -0.115. The van der Waals surface area contributed by atoms with Crippen molar-refractivity contribution in [2.75, 3.05) is 17.7 Å². The number of anilines is 2. The Bertz CT molecular complexity index is 727. The molecule has 0 saturated carbocycles. The first-order valence-corrected chi connectivity index (χ1v) is 8.07. The molecule has 6 heteroatoms. The molecule has 0 saturated heterocycles. The molecule has 0 aliphatic carbocycles. The first-order valence-electron chi connectivity index (χ1n) is 8.07. The molecule has 0 aromatic heterocycles. The van der Waals surface area contributed by atoms with Crippen LogP contribution in [0.25, 0.3) is 0 Å². The summed E-state index contributed by atoms with van der Waals surface area (Å²) >= 11 is 0. The summed E-state index contributed by atoms with van der Waals surface area (Å²) in [5.41, 5.74) is 2.14. The van der Waals surface area contributed by atoms with Crippen LogP contribution < -0.4 is 20.7 Å². The fraction of sp³-hybridized carbons (Fsp3) is 0.263. The standard InChI is InChI=1S/C19H23N3O3/c1-13(2)20-19(24)22-16-10-8-15(9-11-16)21-18(23)12-14-6-4-5-7-17(14)25-3/h4-11,13H,12H2,1-3H3,(H,21,23)(H2,20,22,24). The number of amides is 3. The Balaban J connectivity index is 1.92. The van der Waals surface area contributed by atoms with Crippen LogP contribution in [0.4, 0.5) is 16.2 Å². The molecule has 0 aliphatic rings. The summed E-state index contributed by atoms with van der Waals surface area (Å²) in [6.45, 7) is 3.78. The minimum absolute atomic E-state index is 0.0635. The lowest BCUT2D eigenvalue weighted by Crippen LogP contribution is -2.34.